The van der Waals surface area contributed by atoms with Gasteiger partial charge in [-0.25, -0.2) is 0 Å². The van der Waals surface area contributed by atoms with Crippen LogP contribution in [0.3, 0.4) is 0 Å². The molecule has 2 amide bonds. The molecule has 0 atom stereocenters. The fraction of sp³-hybridized carbons (Fsp3) is 0.417. The number of aryl methyl sites for hydroxylation is 2. The second-order valence-electron chi connectivity index (χ2n) is 7.97. The van der Waals surface area contributed by atoms with Gasteiger partial charge in [-0.15, -0.1) is 0 Å². The molecule has 2 aromatic rings. The molecule has 0 unspecified atom stereocenters. The highest BCUT2D eigenvalue weighted by Crippen LogP contribution is 2.27. The van der Waals surface area contributed by atoms with Crippen LogP contribution in [0.5, 0.6) is 5.75 Å². The summed E-state index contributed by atoms with van der Waals surface area (Å²) in [7, 11) is 0. The van der Waals surface area contributed by atoms with Crippen molar-refractivity contribution in [3.05, 3.63) is 47.5 Å². The molecule has 0 aliphatic carbocycles. The van der Waals surface area contributed by atoms with Crippen molar-refractivity contribution in [2.24, 2.45) is 0 Å². The number of ether oxygens (including phenoxy) is 2. The fourth-order valence-corrected chi connectivity index (χ4v) is 3.89. The standard InChI is InChI=1S/C24H29N3O4/c1-17-15-19(27-10-13-30-14-11-27)5-7-21(17)25-23(28)3-2-12-31-20-6-8-22-18(16-20)4-9-24(29)26-22/h5-8,15-16H,2-4,9-14H2,1H3,(H,25,28)(H,26,29). The van der Waals surface area contributed by atoms with Crippen LogP contribution < -0.4 is 20.3 Å². The van der Waals surface area contributed by atoms with E-state index in [2.05, 4.69) is 27.7 Å². The fourth-order valence-electron chi connectivity index (χ4n) is 3.89. The Morgan fingerprint density at radius 3 is 2.81 bits per heavy atom. The van der Waals surface area contributed by atoms with E-state index < -0.39 is 0 Å². The van der Waals surface area contributed by atoms with Crippen LogP contribution in [0.15, 0.2) is 36.4 Å². The molecule has 0 radical (unpaired) electrons. The average molecular weight is 424 g/mol. The summed E-state index contributed by atoms with van der Waals surface area (Å²) >= 11 is 0. The minimum atomic E-state index is -0.0148. The Balaban J connectivity index is 1.22. The van der Waals surface area contributed by atoms with Crippen LogP contribution in [-0.2, 0) is 20.7 Å². The summed E-state index contributed by atoms with van der Waals surface area (Å²) < 4.78 is 11.2. The number of anilines is 3. The highest BCUT2D eigenvalue weighted by atomic mass is 16.5. The van der Waals surface area contributed by atoms with Crippen molar-refractivity contribution >= 4 is 28.9 Å². The molecule has 2 heterocycles. The number of hydrogen-bond acceptors (Lipinski definition) is 5. The van der Waals surface area contributed by atoms with Gasteiger partial charge in [-0.1, -0.05) is 0 Å². The molecule has 2 aromatic carbocycles. The topological polar surface area (TPSA) is 79.9 Å². The SMILES string of the molecule is Cc1cc(N2CCOCC2)ccc1NC(=O)CCCOc1ccc2c(c1)CCC(=O)N2. The lowest BCUT2D eigenvalue weighted by molar-refractivity contribution is -0.117. The normalized spacial score (nSPS) is 15.8. The molecular weight excluding hydrogens is 394 g/mol. The van der Waals surface area contributed by atoms with Gasteiger partial charge in [-0.05, 0) is 67.3 Å². The van der Waals surface area contributed by atoms with E-state index in [4.69, 9.17) is 9.47 Å². The van der Waals surface area contributed by atoms with Gasteiger partial charge in [0.1, 0.15) is 5.75 Å². The van der Waals surface area contributed by atoms with Crippen LogP contribution in [0.4, 0.5) is 17.1 Å². The van der Waals surface area contributed by atoms with Crippen LogP contribution in [0.2, 0.25) is 0 Å². The molecule has 164 valence electrons. The average Bonchev–Trinajstić information content (AvgIpc) is 2.78. The Bertz CT molecular complexity index is 954. The number of nitrogens with one attached hydrogen (secondary N) is 2. The Kier molecular flexibility index (Phi) is 6.72. The van der Waals surface area contributed by atoms with Gasteiger partial charge in [0, 0.05) is 43.0 Å². The zero-order valence-corrected chi connectivity index (χ0v) is 17.9. The minimum absolute atomic E-state index is 0.0148. The maximum atomic E-state index is 12.4. The molecule has 0 aromatic heterocycles. The molecule has 7 nitrogen and oxygen atoms in total. The summed E-state index contributed by atoms with van der Waals surface area (Å²) in [6.07, 6.45) is 2.25. The highest BCUT2D eigenvalue weighted by molar-refractivity contribution is 5.94. The number of fused-ring (bicyclic) bond motifs is 1. The number of morpholine rings is 1. The first kappa shape index (κ1) is 21.2. The lowest BCUT2D eigenvalue weighted by Gasteiger charge is -2.29. The van der Waals surface area contributed by atoms with Crippen molar-refractivity contribution in [2.45, 2.75) is 32.6 Å². The third kappa shape index (κ3) is 5.55. The maximum Gasteiger partial charge on any atom is 0.224 e. The van der Waals surface area contributed by atoms with E-state index in [1.807, 2.05) is 31.2 Å². The third-order valence-corrected chi connectivity index (χ3v) is 5.65. The van der Waals surface area contributed by atoms with Crippen molar-refractivity contribution in [3.8, 4) is 5.75 Å². The van der Waals surface area contributed by atoms with Gasteiger partial charge in [0.15, 0.2) is 0 Å². The van der Waals surface area contributed by atoms with Crippen molar-refractivity contribution in [1.82, 2.24) is 0 Å². The summed E-state index contributed by atoms with van der Waals surface area (Å²) in [4.78, 5) is 26.1. The zero-order valence-electron chi connectivity index (χ0n) is 17.9. The minimum Gasteiger partial charge on any atom is -0.494 e. The largest absolute Gasteiger partial charge is 0.494 e. The van der Waals surface area contributed by atoms with Crippen LogP contribution in [0, 0.1) is 6.92 Å². The van der Waals surface area contributed by atoms with E-state index in [-0.39, 0.29) is 11.8 Å². The number of amides is 2. The molecular formula is C24H29N3O4. The Morgan fingerprint density at radius 2 is 2.00 bits per heavy atom. The Labute approximate surface area is 182 Å². The number of nitrogens with zero attached hydrogens (tertiary/aromatic N) is 1. The van der Waals surface area contributed by atoms with Crippen LogP contribution in [0.1, 0.15) is 30.4 Å². The molecule has 1 saturated heterocycles. The van der Waals surface area contributed by atoms with E-state index in [1.165, 1.54) is 0 Å². The van der Waals surface area contributed by atoms with Crippen molar-refractivity contribution in [1.29, 1.82) is 0 Å². The van der Waals surface area contributed by atoms with Gasteiger partial charge in [0.25, 0.3) is 0 Å². The van der Waals surface area contributed by atoms with E-state index in [0.29, 0.717) is 25.9 Å². The lowest BCUT2D eigenvalue weighted by Crippen LogP contribution is -2.36. The van der Waals surface area contributed by atoms with Gasteiger partial charge in [0.2, 0.25) is 11.8 Å². The predicted molar refractivity (Wildman–Crippen MR) is 121 cm³/mol. The summed E-state index contributed by atoms with van der Waals surface area (Å²) in [5.41, 5.74) is 5.01. The first-order valence-corrected chi connectivity index (χ1v) is 10.9. The number of rotatable bonds is 7. The highest BCUT2D eigenvalue weighted by Gasteiger charge is 2.15. The molecule has 31 heavy (non-hydrogen) atoms. The van der Waals surface area contributed by atoms with E-state index in [1.54, 1.807) is 0 Å². The quantitative estimate of drug-likeness (QED) is 0.666. The smallest absolute Gasteiger partial charge is 0.224 e. The molecule has 1 fully saturated rings. The first-order valence-electron chi connectivity index (χ1n) is 10.9. The van der Waals surface area contributed by atoms with E-state index >= 15 is 0 Å². The molecule has 7 heteroatoms. The van der Waals surface area contributed by atoms with E-state index in [0.717, 1.165) is 66.7 Å². The Morgan fingerprint density at radius 1 is 1.16 bits per heavy atom. The predicted octanol–water partition coefficient (Wildman–Crippen LogP) is 3.51. The number of carbonyl (C=O) groups is 2. The molecule has 0 saturated carbocycles. The van der Waals surface area contributed by atoms with Crippen LogP contribution in [-0.4, -0.2) is 44.7 Å². The molecule has 0 bridgehead atoms. The van der Waals surface area contributed by atoms with Crippen molar-refractivity contribution < 1.29 is 19.1 Å². The van der Waals surface area contributed by atoms with Crippen LogP contribution in [0.25, 0.3) is 0 Å². The summed E-state index contributed by atoms with van der Waals surface area (Å²) in [6.45, 7) is 5.77. The van der Waals surface area contributed by atoms with Crippen molar-refractivity contribution in [2.75, 3.05) is 48.4 Å². The van der Waals surface area contributed by atoms with Crippen LogP contribution >= 0.6 is 0 Å². The maximum absolute atomic E-state index is 12.4. The summed E-state index contributed by atoms with van der Waals surface area (Å²) in [5.74, 6) is 0.807. The molecule has 2 aliphatic rings. The van der Waals surface area contributed by atoms with Gasteiger partial charge in [-0.3, -0.25) is 9.59 Å². The van der Waals surface area contributed by atoms with Crippen molar-refractivity contribution in [3.63, 3.8) is 0 Å². The number of carbonyl (C=O) groups excluding carboxylic acids is 2. The first-order chi connectivity index (χ1) is 15.1. The lowest BCUT2D eigenvalue weighted by atomic mass is 10.0. The zero-order chi connectivity index (χ0) is 21.6. The Hall–Kier alpha value is -3.06. The summed E-state index contributed by atoms with van der Waals surface area (Å²) in [5, 5.41) is 5.87. The summed E-state index contributed by atoms with van der Waals surface area (Å²) in [6, 6.07) is 11.8. The molecule has 0 spiro atoms. The third-order valence-electron chi connectivity index (χ3n) is 5.65. The van der Waals surface area contributed by atoms with Gasteiger partial charge in [0.05, 0.1) is 19.8 Å². The van der Waals surface area contributed by atoms with Gasteiger partial charge < -0.3 is 25.0 Å². The number of hydrogen-bond donors (Lipinski definition) is 2. The number of benzene rings is 2. The second-order valence-corrected chi connectivity index (χ2v) is 7.97. The second kappa shape index (κ2) is 9.83. The van der Waals surface area contributed by atoms with E-state index in [9.17, 15) is 9.59 Å². The van der Waals surface area contributed by atoms with Gasteiger partial charge in [-0.2, -0.15) is 0 Å². The molecule has 4 rings (SSSR count). The molecule has 2 N–H and O–H groups in total. The monoisotopic (exact) mass is 423 g/mol. The molecule has 2 aliphatic heterocycles. The van der Waals surface area contributed by atoms with Gasteiger partial charge >= 0.3 is 0 Å².